The smallest absolute Gasteiger partial charge is 0.336 e. The maximum atomic E-state index is 13.1. The van der Waals surface area contributed by atoms with Crippen molar-refractivity contribution in [3.63, 3.8) is 0 Å². The number of hydrogen-bond acceptors (Lipinski definition) is 7. The summed E-state index contributed by atoms with van der Waals surface area (Å²) in [6, 6.07) is 5.61. The first-order chi connectivity index (χ1) is 15.0. The summed E-state index contributed by atoms with van der Waals surface area (Å²) in [5, 5.41) is 3.32. The summed E-state index contributed by atoms with van der Waals surface area (Å²) in [5.41, 5.74) is 3.61. The van der Waals surface area contributed by atoms with Crippen LogP contribution < -0.4 is 14.8 Å². The Hall–Kier alpha value is -2.41. The Morgan fingerprint density at radius 3 is 2.74 bits per heavy atom. The van der Waals surface area contributed by atoms with Gasteiger partial charge in [0.25, 0.3) is 0 Å². The first-order valence-corrected chi connectivity index (χ1v) is 12.0. The number of nitrogens with one attached hydrogen (secondary N) is 1. The molecule has 1 aromatic carbocycles. The first-order valence-electron chi connectivity index (χ1n) is 10.8. The number of methoxy groups -OCH3 is 1. The molecule has 0 aromatic heterocycles. The second kappa shape index (κ2) is 10.8. The van der Waals surface area contributed by atoms with E-state index < -0.39 is 5.92 Å². The van der Waals surface area contributed by atoms with Gasteiger partial charge in [0.2, 0.25) is 0 Å². The van der Waals surface area contributed by atoms with Crippen molar-refractivity contribution >= 4 is 23.5 Å². The van der Waals surface area contributed by atoms with E-state index in [1.165, 1.54) is 0 Å². The Morgan fingerprint density at radius 1 is 1.23 bits per heavy atom. The number of benzene rings is 1. The molecule has 168 valence electrons. The first kappa shape index (κ1) is 23.3. The van der Waals surface area contributed by atoms with Gasteiger partial charge in [0.1, 0.15) is 6.61 Å². The largest absolute Gasteiger partial charge is 0.493 e. The van der Waals surface area contributed by atoms with E-state index in [9.17, 15) is 9.59 Å². The molecule has 1 aliphatic carbocycles. The summed E-state index contributed by atoms with van der Waals surface area (Å²) in [6.45, 7) is 6.72. The zero-order chi connectivity index (χ0) is 22.4. The van der Waals surface area contributed by atoms with Gasteiger partial charge in [0, 0.05) is 35.1 Å². The van der Waals surface area contributed by atoms with E-state index in [4.69, 9.17) is 14.2 Å². The van der Waals surface area contributed by atoms with E-state index >= 15 is 0 Å². The number of Topliss-reactive ketones (excluding diaryl/α,β-unsaturated/α-hetero) is 1. The average Bonchev–Trinajstić information content (AvgIpc) is 2.76. The van der Waals surface area contributed by atoms with E-state index in [2.05, 4.69) is 12.2 Å². The number of rotatable bonds is 9. The van der Waals surface area contributed by atoms with Crippen LogP contribution in [0.4, 0.5) is 0 Å². The Labute approximate surface area is 188 Å². The molecule has 6 nitrogen and oxygen atoms in total. The Morgan fingerprint density at radius 2 is 2.03 bits per heavy atom. The number of dihydropyridines is 1. The van der Waals surface area contributed by atoms with Crippen LogP contribution in [0.5, 0.6) is 11.5 Å². The maximum absolute atomic E-state index is 13.1. The van der Waals surface area contributed by atoms with Crippen LogP contribution in [0.25, 0.3) is 0 Å². The summed E-state index contributed by atoms with van der Waals surface area (Å²) < 4.78 is 16.8. The second-order valence-corrected chi connectivity index (χ2v) is 8.84. The molecule has 0 saturated heterocycles. The molecular formula is C24H31NO5S. The second-order valence-electron chi connectivity index (χ2n) is 7.44. The molecule has 0 saturated carbocycles. The third-order valence-corrected chi connectivity index (χ3v) is 6.35. The zero-order valence-electron chi connectivity index (χ0n) is 18.7. The summed E-state index contributed by atoms with van der Waals surface area (Å²) in [5.74, 6) is 2.13. The Bertz CT molecular complexity index is 905. The Kier molecular flexibility index (Phi) is 8.07. The maximum Gasteiger partial charge on any atom is 0.336 e. The van der Waals surface area contributed by atoms with Crippen molar-refractivity contribution in [2.45, 2.75) is 46.0 Å². The van der Waals surface area contributed by atoms with E-state index in [1.807, 2.05) is 32.0 Å². The molecule has 1 aliphatic heterocycles. The van der Waals surface area contributed by atoms with Crippen LogP contribution in [0, 0.1) is 0 Å². The number of thioether (sulfide) groups is 1. The third kappa shape index (κ3) is 5.09. The van der Waals surface area contributed by atoms with Gasteiger partial charge in [-0.05, 0) is 50.1 Å². The molecule has 7 heteroatoms. The fourth-order valence-electron chi connectivity index (χ4n) is 4.14. The standard InChI is InChI=1S/C24H31NO5S/c1-5-29-19-11-10-16(14-20(19)28-4)22-21(24(27)30-12-13-31-6-2)15(3)25-17-8-7-9-18(26)23(17)22/h10-11,14,22,25H,5-9,12-13H2,1-4H3/t22-/m1/s1. The van der Waals surface area contributed by atoms with E-state index in [0.717, 1.165) is 41.3 Å². The number of ketones is 1. The van der Waals surface area contributed by atoms with Crippen molar-refractivity contribution < 1.29 is 23.8 Å². The van der Waals surface area contributed by atoms with Crippen molar-refractivity contribution in [2.24, 2.45) is 0 Å². The van der Waals surface area contributed by atoms with Gasteiger partial charge in [-0.25, -0.2) is 4.79 Å². The molecule has 31 heavy (non-hydrogen) atoms. The van der Waals surface area contributed by atoms with Crippen LogP contribution in [-0.4, -0.2) is 43.6 Å². The van der Waals surface area contributed by atoms with E-state index in [0.29, 0.717) is 42.3 Å². The van der Waals surface area contributed by atoms with Crippen molar-refractivity contribution in [1.29, 1.82) is 0 Å². The van der Waals surface area contributed by atoms with Crippen LogP contribution in [0.1, 0.15) is 51.5 Å². The van der Waals surface area contributed by atoms with Crippen molar-refractivity contribution in [1.82, 2.24) is 5.32 Å². The fourth-order valence-corrected chi connectivity index (χ4v) is 4.63. The minimum Gasteiger partial charge on any atom is -0.493 e. The normalized spacial score (nSPS) is 18.5. The highest BCUT2D eigenvalue weighted by molar-refractivity contribution is 7.99. The quantitative estimate of drug-likeness (QED) is 0.447. The Balaban J connectivity index is 2.03. The van der Waals surface area contributed by atoms with Crippen LogP contribution in [0.2, 0.25) is 0 Å². The minimum absolute atomic E-state index is 0.0749. The van der Waals surface area contributed by atoms with Crippen LogP contribution in [0.15, 0.2) is 40.7 Å². The molecule has 0 bridgehead atoms. The van der Waals surface area contributed by atoms with Gasteiger partial charge in [0.15, 0.2) is 17.3 Å². The molecule has 0 fully saturated rings. The van der Waals surface area contributed by atoms with Gasteiger partial charge in [0.05, 0.1) is 19.3 Å². The number of ether oxygens (including phenoxy) is 3. The van der Waals surface area contributed by atoms with E-state index in [-0.39, 0.29) is 11.8 Å². The number of allylic oxidation sites excluding steroid dienone is 3. The molecular weight excluding hydrogens is 414 g/mol. The highest BCUT2D eigenvalue weighted by Gasteiger charge is 2.39. The molecule has 1 N–H and O–H groups in total. The summed E-state index contributed by atoms with van der Waals surface area (Å²) in [4.78, 5) is 26.1. The van der Waals surface area contributed by atoms with Crippen molar-refractivity contribution in [3.8, 4) is 11.5 Å². The summed E-state index contributed by atoms with van der Waals surface area (Å²) in [6.07, 6.45) is 2.09. The minimum atomic E-state index is -0.486. The van der Waals surface area contributed by atoms with Gasteiger partial charge in [-0.3, -0.25) is 4.79 Å². The zero-order valence-corrected chi connectivity index (χ0v) is 19.5. The predicted molar refractivity (Wildman–Crippen MR) is 123 cm³/mol. The fraction of sp³-hybridized carbons (Fsp3) is 0.500. The monoisotopic (exact) mass is 445 g/mol. The van der Waals surface area contributed by atoms with Gasteiger partial charge in [-0.2, -0.15) is 11.8 Å². The number of hydrogen-bond donors (Lipinski definition) is 1. The molecule has 2 aliphatic rings. The topological polar surface area (TPSA) is 73.9 Å². The lowest BCUT2D eigenvalue weighted by Crippen LogP contribution is -2.34. The van der Waals surface area contributed by atoms with Crippen molar-refractivity contribution in [2.75, 3.05) is 31.8 Å². The lowest BCUT2D eigenvalue weighted by atomic mass is 9.75. The highest BCUT2D eigenvalue weighted by atomic mass is 32.2. The average molecular weight is 446 g/mol. The molecule has 0 amide bonds. The molecule has 0 unspecified atom stereocenters. The number of esters is 1. The third-order valence-electron chi connectivity index (χ3n) is 5.48. The van der Waals surface area contributed by atoms with Gasteiger partial charge in [-0.1, -0.05) is 13.0 Å². The lowest BCUT2D eigenvalue weighted by Gasteiger charge is -2.34. The van der Waals surface area contributed by atoms with Crippen LogP contribution >= 0.6 is 11.8 Å². The molecule has 3 rings (SSSR count). The highest BCUT2D eigenvalue weighted by Crippen LogP contribution is 2.44. The van der Waals surface area contributed by atoms with Crippen LogP contribution in [-0.2, 0) is 14.3 Å². The van der Waals surface area contributed by atoms with Crippen molar-refractivity contribution in [3.05, 3.63) is 46.3 Å². The summed E-state index contributed by atoms with van der Waals surface area (Å²) >= 11 is 1.72. The van der Waals surface area contributed by atoms with Gasteiger partial charge >= 0.3 is 5.97 Å². The SMILES string of the molecule is CCOc1ccc([C@@H]2C(C(=O)OCCSCC)=C(C)NC3=C2C(=O)CCC3)cc1OC. The lowest BCUT2D eigenvalue weighted by molar-refractivity contribution is -0.138. The summed E-state index contributed by atoms with van der Waals surface area (Å²) in [7, 11) is 1.59. The molecule has 0 radical (unpaired) electrons. The van der Waals surface area contributed by atoms with Gasteiger partial charge in [-0.15, -0.1) is 0 Å². The molecule has 0 spiro atoms. The number of carbonyl (C=O) groups is 2. The number of carbonyl (C=O) groups excluding carboxylic acids is 2. The predicted octanol–water partition coefficient (Wildman–Crippen LogP) is 4.36. The van der Waals surface area contributed by atoms with Gasteiger partial charge < -0.3 is 19.5 Å². The van der Waals surface area contributed by atoms with E-state index in [1.54, 1.807) is 18.9 Å². The molecule has 1 aromatic rings. The van der Waals surface area contributed by atoms with Crippen LogP contribution in [0.3, 0.4) is 0 Å². The molecule has 1 atom stereocenters. The molecule has 1 heterocycles.